The predicted molar refractivity (Wildman–Crippen MR) is 78.1 cm³/mol. The Morgan fingerprint density at radius 3 is 2.84 bits per heavy atom. The fourth-order valence-electron chi connectivity index (χ4n) is 1.98. The van der Waals surface area contributed by atoms with Crippen molar-refractivity contribution in [1.29, 1.82) is 0 Å². The van der Waals surface area contributed by atoms with Gasteiger partial charge in [0.1, 0.15) is 11.6 Å². The fourth-order valence-corrected chi connectivity index (χ4v) is 1.98. The standard InChI is InChI=1S/C15H20N4/c1-12-4-3-5-13(10-12)7-9-19(2)15-6-8-17-14(11-16)18-15/h3-6,8,10H,7,9,11,16H2,1-2H3. The molecule has 19 heavy (non-hydrogen) atoms. The highest BCUT2D eigenvalue weighted by molar-refractivity contribution is 5.36. The molecule has 0 bridgehead atoms. The van der Waals surface area contributed by atoms with Crippen LogP contribution in [-0.2, 0) is 13.0 Å². The van der Waals surface area contributed by atoms with Crippen LogP contribution in [0.3, 0.4) is 0 Å². The third-order valence-electron chi connectivity index (χ3n) is 3.08. The summed E-state index contributed by atoms with van der Waals surface area (Å²) in [5.41, 5.74) is 8.20. The Balaban J connectivity index is 1.99. The summed E-state index contributed by atoms with van der Waals surface area (Å²) >= 11 is 0. The van der Waals surface area contributed by atoms with Crippen LogP contribution in [0.15, 0.2) is 36.5 Å². The molecule has 2 aromatic rings. The summed E-state index contributed by atoms with van der Waals surface area (Å²) in [5, 5.41) is 0. The number of hydrogen-bond acceptors (Lipinski definition) is 4. The maximum atomic E-state index is 5.56. The van der Waals surface area contributed by atoms with Crippen molar-refractivity contribution in [2.24, 2.45) is 5.73 Å². The van der Waals surface area contributed by atoms with Crippen LogP contribution in [0, 0.1) is 6.92 Å². The van der Waals surface area contributed by atoms with E-state index in [2.05, 4.69) is 46.1 Å². The van der Waals surface area contributed by atoms with Crippen LogP contribution in [0.25, 0.3) is 0 Å². The van der Waals surface area contributed by atoms with E-state index in [9.17, 15) is 0 Å². The number of benzene rings is 1. The molecule has 0 aliphatic rings. The summed E-state index contributed by atoms with van der Waals surface area (Å²) in [7, 11) is 2.04. The molecule has 0 aliphatic heterocycles. The Bertz CT molecular complexity index is 539. The minimum absolute atomic E-state index is 0.375. The van der Waals surface area contributed by atoms with Crippen LogP contribution in [0.4, 0.5) is 5.82 Å². The minimum atomic E-state index is 0.375. The number of rotatable bonds is 5. The van der Waals surface area contributed by atoms with Gasteiger partial charge in [0.2, 0.25) is 0 Å². The van der Waals surface area contributed by atoms with Crippen LogP contribution in [0.5, 0.6) is 0 Å². The maximum Gasteiger partial charge on any atom is 0.144 e. The average molecular weight is 256 g/mol. The molecule has 0 fully saturated rings. The molecule has 4 heteroatoms. The number of hydrogen-bond donors (Lipinski definition) is 1. The lowest BCUT2D eigenvalue weighted by atomic mass is 10.1. The molecule has 1 heterocycles. The molecule has 2 N–H and O–H groups in total. The molecule has 100 valence electrons. The lowest BCUT2D eigenvalue weighted by Gasteiger charge is -2.18. The third kappa shape index (κ3) is 3.76. The van der Waals surface area contributed by atoms with Crippen molar-refractivity contribution in [3.63, 3.8) is 0 Å². The van der Waals surface area contributed by atoms with E-state index in [1.165, 1.54) is 11.1 Å². The van der Waals surface area contributed by atoms with Crippen LogP contribution >= 0.6 is 0 Å². The van der Waals surface area contributed by atoms with Crippen LogP contribution in [0.1, 0.15) is 17.0 Å². The Hall–Kier alpha value is -1.94. The lowest BCUT2D eigenvalue weighted by Crippen LogP contribution is -2.22. The van der Waals surface area contributed by atoms with E-state index in [0.29, 0.717) is 12.4 Å². The summed E-state index contributed by atoms with van der Waals surface area (Å²) in [6, 6.07) is 10.5. The molecular weight excluding hydrogens is 236 g/mol. The number of anilines is 1. The number of likely N-dealkylation sites (N-methyl/N-ethyl adjacent to an activating group) is 1. The molecule has 0 saturated heterocycles. The Kier molecular flexibility index (Phi) is 4.47. The molecule has 2 rings (SSSR count). The van der Waals surface area contributed by atoms with Gasteiger partial charge in [0.25, 0.3) is 0 Å². The molecule has 1 aromatic heterocycles. The van der Waals surface area contributed by atoms with Crippen molar-refractivity contribution in [3.8, 4) is 0 Å². The molecule has 0 amide bonds. The number of aromatic nitrogens is 2. The Labute approximate surface area is 114 Å². The number of aryl methyl sites for hydroxylation is 1. The van der Waals surface area contributed by atoms with Gasteiger partial charge in [-0.15, -0.1) is 0 Å². The Morgan fingerprint density at radius 2 is 2.11 bits per heavy atom. The molecule has 0 radical (unpaired) electrons. The van der Waals surface area contributed by atoms with Crippen LogP contribution < -0.4 is 10.6 Å². The highest BCUT2D eigenvalue weighted by atomic mass is 15.2. The molecule has 0 saturated carbocycles. The van der Waals surface area contributed by atoms with E-state index in [1.54, 1.807) is 6.20 Å². The predicted octanol–water partition coefficient (Wildman–Crippen LogP) is 1.92. The second kappa shape index (κ2) is 6.29. The first-order valence-electron chi connectivity index (χ1n) is 6.47. The normalized spacial score (nSPS) is 10.5. The Morgan fingerprint density at radius 1 is 1.26 bits per heavy atom. The zero-order chi connectivity index (χ0) is 13.7. The van der Waals surface area contributed by atoms with Gasteiger partial charge in [-0.3, -0.25) is 0 Å². The molecule has 0 aliphatic carbocycles. The largest absolute Gasteiger partial charge is 0.359 e. The smallest absolute Gasteiger partial charge is 0.144 e. The number of nitrogens with zero attached hydrogens (tertiary/aromatic N) is 3. The second-order valence-electron chi connectivity index (χ2n) is 4.70. The van der Waals surface area contributed by atoms with Crippen LogP contribution in [-0.4, -0.2) is 23.6 Å². The summed E-state index contributed by atoms with van der Waals surface area (Å²) in [4.78, 5) is 10.6. The van der Waals surface area contributed by atoms with Gasteiger partial charge in [0.15, 0.2) is 0 Å². The van der Waals surface area contributed by atoms with E-state index in [0.717, 1.165) is 18.8 Å². The van der Waals surface area contributed by atoms with Gasteiger partial charge in [-0.05, 0) is 25.0 Å². The fraction of sp³-hybridized carbons (Fsp3) is 0.333. The molecule has 0 spiro atoms. The summed E-state index contributed by atoms with van der Waals surface area (Å²) in [6.45, 7) is 3.41. The molecule has 0 unspecified atom stereocenters. The van der Waals surface area contributed by atoms with Gasteiger partial charge in [0, 0.05) is 19.8 Å². The van der Waals surface area contributed by atoms with Gasteiger partial charge >= 0.3 is 0 Å². The van der Waals surface area contributed by atoms with E-state index in [-0.39, 0.29) is 0 Å². The summed E-state index contributed by atoms with van der Waals surface area (Å²) in [6.07, 6.45) is 2.76. The van der Waals surface area contributed by atoms with Crippen LogP contribution in [0.2, 0.25) is 0 Å². The first-order chi connectivity index (χ1) is 9.19. The zero-order valence-electron chi connectivity index (χ0n) is 11.5. The molecular formula is C15H20N4. The summed E-state index contributed by atoms with van der Waals surface area (Å²) < 4.78 is 0. The maximum absolute atomic E-state index is 5.56. The molecule has 1 aromatic carbocycles. The first kappa shape index (κ1) is 13.5. The zero-order valence-corrected chi connectivity index (χ0v) is 11.5. The molecule has 0 atom stereocenters. The van der Waals surface area contributed by atoms with Gasteiger partial charge in [-0.2, -0.15) is 0 Å². The molecule has 4 nitrogen and oxygen atoms in total. The quantitative estimate of drug-likeness (QED) is 0.888. The lowest BCUT2D eigenvalue weighted by molar-refractivity contribution is 0.830. The number of nitrogens with two attached hydrogens (primary N) is 1. The van der Waals surface area contributed by atoms with Crippen molar-refractivity contribution >= 4 is 5.82 Å². The van der Waals surface area contributed by atoms with Crippen molar-refractivity contribution < 1.29 is 0 Å². The van der Waals surface area contributed by atoms with E-state index >= 15 is 0 Å². The third-order valence-corrected chi connectivity index (χ3v) is 3.08. The van der Waals surface area contributed by atoms with Crippen molar-refractivity contribution in [2.45, 2.75) is 19.9 Å². The van der Waals surface area contributed by atoms with Gasteiger partial charge in [0.05, 0.1) is 6.54 Å². The highest BCUT2D eigenvalue weighted by Gasteiger charge is 2.04. The van der Waals surface area contributed by atoms with E-state index in [1.807, 2.05) is 13.1 Å². The SMILES string of the molecule is Cc1cccc(CCN(C)c2ccnc(CN)n2)c1. The summed E-state index contributed by atoms with van der Waals surface area (Å²) in [5.74, 6) is 1.60. The van der Waals surface area contributed by atoms with Gasteiger partial charge in [-0.25, -0.2) is 9.97 Å². The average Bonchev–Trinajstić information content (AvgIpc) is 2.45. The van der Waals surface area contributed by atoms with Gasteiger partial charge < -0.3 is 10.6 Å². The van der Waals surface area contributed by atoms with E-state index < -0.39 is 0 Å². The first-order valence-corrected chi connectivity index (χ1v) is 6.47. The van der Waals surface area contributed by atoms with Crippen molar-refractivity contribution in [3.05, 3.63) is 53.5 Å². The monoisotopic (exact) mass is 256 g/mol. The van der Waals surface area contributed by atoms with E-state index in [4.69, 9.17) is 5.73 Å². The highest BCUT2D eigenvalue weighted by Crippen LogP contribution is 2.10. The van der Waals surface area contributed by atoms with Gasteiger partial charge in [-0.1, -0.05) is 29.8 Å². The topological polar surface area (TPSA) is 55.0 Å². The van der Waals surface area contributed by atoms with Crippen molar-refractivity contribution in [1.82, 2.24) is 9.97 Å². The van der Waals surface area contributed by atoms with Crippen molar-refractivity contribution in [2.75, 3.05) is 18.5 Å². The minimum Gasteiger partial charge on any atom is -0.359 e. The second-order valence-corrected chi connectivity index (χ2v) is 4.70.